The molecule has 0 fully saturated rings. The van der Waals surface area contributed by atoms with Crippen LogP contribution in [0.5, 0.6) is 0 Å². The first kappa shape index (κ1) is 21.2. The van der Waals surface area contributed by atoms with Gasteiger partial charge >= 0.3 is 6.18 Å². The van der Waals surface area contributed by atoms with Gasteiger partial charge in [0, 0.05) is 39.9 Å². The van der Waals surface area contributed by atoms with Crippen molar-refractivity contribution in [3.05, 3.63) is 87.6 Å². The fraction of sp³-hybridized carbons (Fsp3) is 0.174. The Bertz CT molecular complexity index is 1420. The molecule has 0 saturated carbocycles. The lowest BCUT2D eigenvalue weighted by molar-refractivity contribution is -0.141. The van der Waals surface area contributed by atoms with E-state index in [1.54, 1.807) is 23.1 Å². The SMILES string of the molecule is N#Cc1ccc(C2c3[nH]c4ccc(Cl)cc4c3CCN2c2nccc(C(F)(F)F)n2)c(F)c1. The predicted octanol–water partition coefficient (Wildman–Crippen LogP) is 5.79. The van der Waals surface area contributed by atoms with Crippen LogP contribution in [0.4, 0.5) is 23.5 Å². The summed E-state index contributed by atoms with van der Waals surface area (Å²) in [4.78, 5) is 12.6. The first-order valence-corrected chi connectivity index (χ1v) is 10.3. The summed E-state index contributed by atoms with van der Waals surface area (Å²) >= 11 is 6.17. The van der Waals surface area contributed by atoms with E-state index in [4.69, 9.17) is 16.9 Å². The second-order valence-corrected chi connectivity index (χ2v) is 8.08. The quantitative estimate of drug-likeness (QED) is 0.375. The van der Waals surface area contributed by atoms with Crippen LogP contribution < -0.4 is 4.90 Å². The topological polar surface area (TPSA) is 68.6 Å². The van der Waals surface area contributed by atoms with Crippen LogP contribution in [0.1, 0.15) is 34.1 Å². The summed E-state index contributed by atoms with van der Waals surface area (Å²) < 4.78 is 55.1. The van der Waals surface area contributed by atoms with Gasteiger partial charge in [-0.2, -0.15) is 18.4 Å². The number of hydrogen-bond donors (Lipinski definition) is 1. The number of alkyl halides is 3. The zero-order chi connectivity index (χ0) is 23.3. The molecule has 0 spiro atoms. The summed E-state index contributed by atoms with van der Waals surface area (Å²) in [6, 6.07) is 11.2. The monoisotopic (exact) mass is 471 g/mol. The number of nitriles is 1. The first-order valence-electron chi connectivity index (χ1n) is 9.92. The second-order valence-electron chi connectivity index (χ2n) is 7.64. The van der Waals surface area contributed by atoms with Crippen molar-refractivity contribution >= 4 is 28.5 Å². The number of benzene rings is 2. The third kappa shape index (κ3) is 3.66. The largest absolute Gasteiger partial charge is 0.433 e. The molecule has 1 atom stereocenters. The number of H-pyrrole nitrogens is 1. The van der Waals surface area contributed by atoms with Crippen LogP contribution in [0.3, 0.4) is 0 Å². The molecule has 33 heavy (non-hydrogen) atoms. The number of halogens is 5. The van der Waals surface area contributed by atoms with Crippen LogP contribution in [0.25, 0.3) is 10.9 Å². The smallest absolute Gasteiger partial charge is 0.356 e. The second kappa shape index (κ2) is 7.74. The van der Waals surface area contributed by atoms with Gasteiger partial charge in [0.2, 0.25) is 5.95 Å². The van der Waals surface area contributed by atoms with Gasteiger partial charge < -0.3 is 9.88 Å². The molecule has 10 heteroatoms. The summed E-state index contributed by atoms with van der Waals surface area (Å²) in [7, 11) is 0. The predicted molar refractivity (Wildman–Crippen MR) is 114 cm³/mol. The Morgan fingerprint density at radius 2 is 1.97 bits per heavy atom. The van der Waals surface area contributed by atoms with Crippen LogP contribution in [0.15, 0.2) is 48.7 Å². The lowest BCUT2D eigenvalue weighted by Crippen LogP contribution is -2.38. The fourth-order valence-electron chi connectivity index (χ4n) is 4.26. The summed E-state index contributed by atoms with van der Waals surface area (Å²) in [6.45, 7) is 0.248. The van der Waals surface area contributed by atoms with Crippen LogP contribution in [-0.4, -0.2) is 21.5 Å². The third-order valence-electron chi connectivity index (χ3n) is 5.70. The fourth-order valence-corrected chi connectivity index (χ4v) is 4.43. The van der Waals surface area contributed by atoms with Gasteiger partial charge in [0.05, 0.1) is 11.6 Å². The van der Waals surface area contributed by atoms with E-state index in [1.165, 1.54) is 12.1 Å². The number of aromatic nitrogens is 3. The van der Waals surface area contributed by atoms with E-state index in [0.717, 1.165) is 34.8 Å². The molecular formula is C23H14ClF4N5. The highest BCUT2D eigenvalue weighted by Gasteiger charge is 2.37. The van der Waals surface area contributed by atoms with Gasteiger partial charge in [-0.3, -0.25) is 0 Å². The Hall–Kier alpha value is -3.64. The Morgan fingerprint density at radius 3 is 2.70 bits per heavy atom. The average Bonchev–Trinajstić information content (AvgIpc) is 3.16. The molecule has 1 aliphatic rings. The van der Waals surface area contributed by atoms with Crippen molar-refractivity contribution in [3.8, 4) is 6.07 Å². The molecule has 2 aromatic heterocycles. The molecule has 0 aliphatic carbocycles. The highest BCUT2D eigenvalue weighted by molar-refractivity contribution is 6.31. The molecule has 1 N–H and O–H groups in total. The Kier molecular flexibility index (Phi) is 4.98. The number of hydrogen-bond acceptors (Lipinski definition) is 4. The highest BCUT2D eigenvalue weighted by Crippen LogP contribution is 2.41. The number of rotatable bonds is 2. The van der Waals surface area contributed by atoms with E-state index in [1.807, 2.05) is 6.07 Å². The molecule has 0 radical (unpaired) electrons. The molecule has 2 aromatic carbocycles. The Balaban J connectivity index is 1.72. The van der Waals surface area contributed by atoms with E-state index in [9.17, 15) is 13.2 Å². The van der Waals surface area contributed by atoms with Crippen LogP contribution in [0.2, 0.25) is 5.02 Å². The maximum atomic E-state index is 15.2. The highest BCUT2D eigenvalue weighted by atomic mass is 35.5. The van der Waals surface area contributed by atoms with Crippen molar-refractivity contribution in [2.75, 3.05) is 11.4 Å². The molecule has 166 valence electrons. The van der Waals surface area contributed by atoms with Gasteiger partial charge in [-0.1, -0.05) is 17.7 Å². The van der Waals surface area contributed by atoms with Gasteiger partial charge in [0.1, 0.15) is 17.6 Å². The number of fused-ring (bicyclic) bond motifs is 3. The zero-order valence-corrected chi connectivity index (χ0v) is 17.5. The van der Waals surface area contributed by atoms with Crippen molar-refractivity contribution in [3.63, 3.8) is 0 Å². The van der Waals surface area contributed by atoms with E-state index in [-0.39, 0.29) is 23.6 Å². The molecule has 0 saturated heterocycles. The molecule has 1 unspecified atom stereocenters. The minimum absolute atomic E-state index is 0.137. The van der Waals surface area contributed by atoms with E-state index >= 15 is 4.39 Å². The maximum absolute atomic E-state index is 15.2. The lowest BCUT2D eigenvalue weighted by atomic mass is 9.92. The van der Waals surface area contributed by atoms with Gasteiger partial charge in [-0.25, -0.2) is 14.4 Å². The number of aromatic amines is 1. The van der Waals surface area contributed by atoms with Crippen molar-refractivity contribution < 1.29 is 17.6 Å². The molecule has 3 heterocycles. The molecular weight excluding hydrogens is 458 g/mol. The van der Waals surface area contributed by atoms with Crippen molar-refractivity contribution in [2.24, 2.45) is 0 Å². The van der Waals surface area contributed by atoms with Crippen molar-refractivity contribution in [1.29, 1.82) is 5.26 Å². The van der Waals surface area contributed by atoms with Crippen LogP contribution in [0, 0.1) is 17.1 Å². The average molecular weight is 472 g/mol. The molecule has 5 nitrogen and oxygen atoms in total. The van der Waals surface area contributed by atoms with Crippen LogP contribution >= 0.6 is 11.6 Å². The van der Waals surface area contributed by atoms with E-state index in [0.29, 0.717) is 17.1 Å². The van der Waals surface area contributed by atoms with Gasteiger partial charge in [0.25, 0.3) is 0 Å². The van der Waals surface area contributed by atoms with Gasteiger partial charge in [-0.15, -0.1) is 0 Å². The number of nitrogens with one attached hydrogen (secondary N) is 1. The molecule has 4 aromatic rings. The normalized spacial score (nSPS) is 16.0. The third-order valence-corrected chi connectivity index (χ3v) is 5.94. The molecule has 1 aliphatic heterocycles. The Morgan fingerprint density at radius 1 is 1.15 bits per heavy atom. The Labute approximate surface area is 190 Å². The lowest BCUT2D eigenvalue weighted by Gasteiger charge is -2.36. The minimum Gasteiger partial charge on any atom is -0.356 e. The summed E-state index contributed by atoms with van der Waals surface area (Å²) in [5.74, 6) is -0.818. The van der Waals surface area contributed by atoms with Crippen molar-refractivity contribution in [1.82, 2.24) is 15.0 Å². The molecule has 5 rings (SSSR count). The summed E-state index contributed by atoms with van der Waals surface area (Å²) in [5.41, 5.74) is 1.52. The number of anilines is 1. The van der Waals surface area contributed by atoms with E-state index in [2.05, 4.69) is 15.0 Å². The molecule has 0 amide bonds. The van der Waals surface area contributed by atoms with Gasteiger partial charge in [0.15, 0.2) is 0 Å². The molecule has 0 bridgehead atoms. The van der Waals surface area contributed by atoms with E-state index < -0.39 is 23.7 Å². The zero-order valence-electron chi connectivity index (χ0n) is 16.8. The summed E-state index contributed by atoms with van der Waals surface area (Å²) in [5, 5.41) is 10.5. The van der Waals surface area contributed by atoms with Crippen LogP contribution in [-0.2, 0) is 12.6 Å². The van der Waals surface area contributed by atoms with Gasteiger partial charge in [-0.05, 0) is 48.4 Å². The van der Waals surface area contributed by atoms with Crippen molar-refractivity contribution in [2.45, 2.75) is 18.6 Å². The first-order chi connectivity index (χ1) is 15.8. The standard InChI is InChI=1S/C23H14ClF4N5/c24-13-2-4-18-16(10-13)14-6-8-33(22-30-7-5-19(32-22)23(26,27)28)21(20(14)31-18)15-3-1-12(11-29)9-17(15)25/h1-5,7,9-10,21,31H,6,8H2. The number of nitrogens with zero attached hydrogens (tertiary/aromatic N) is 4. The summed E-state index contributed by atoms with van der Waals surface area (Å²) in [6.07, 6.45) is -3.15. The maximum Gasteiger partial charge on any atom is 0.433 e. The minimum atomic E-state index is -4.65.